The van der Waals surface area contributed by atoms with Gasteiger partial charge in [0.25, 0.3) is 0 Å². The molecule has 0 unspecified atom stereocenters. The van der Waals surface area contributed by atoms with Crippen LogP contribution in [0.4, 0.5) is 0 Å². The lowest BCUT2D eigenvalue weighted by atomic mass is 9.79. The van der Waals surface area contributed by atoms with Crippen LogP contribution in [0.25, 0.3) is 0 Å². The van der Waals surface area contributed by atoms with Crippen molar-refractivity contribution in [2.75, 3.05) is 6.61 Å². The van der Waals surface area contributed by atoms with E-state index in [9.17, 15) is 4.79 Å². The van der Waals surface area contributed by atoms with Gasteiger partial charge in [0.05, 0.1) is 18.1 Å². The van der Waals surface area contributed by atoms with Crippen LogP contribution in [0.15, 0.2) is 42.5 Å². The maximum absolute atomic E-state index is 12.2. The number of carbonyl (C=O) groups excluding carboxylic acids is 1. The van der Waals surface area contributed by atoms with E-state index in [0.717, 1.165) is 18.4 Å². The quantitative estimate of drug-likeness (QED) is 0.776. The zero-order chi connectivity index (χ0) is 13.3. The van der Waals surface area contributed by atoms with Crippen LogP contribution in [0, 0.1) is 5.41 Å². The Kier molecular flexibility index (Phi) is 3.25. The Hall–Kier alpha value is -1.45. The van der Waals surface area contributed by atoms with Gasteiger partial charge in [0.1, 0.15) is 0 Å². The first-order valence-electron chi connectivity index (χ1n) is 6.73. The number of hydrogen-bond acceptors (Lipinski definition) is 3. The van der Waals surface area contributed by atoms with Crippen molar-refractivity contribution in [1.82, 2.24) is 0 Å². The first-order valence-corrected chi connectivity index (χ1v) is 6.73. The van der Waals surface area contributed by atoms with Crippen LogP contribution < -0.4 is 0 Å². The van der Waals surface area contributed by atoms with Crippen molar-refractivity contribution < 1.29 is 14.3 Å². The number of ether oxygens (including phenoxy) is 2. The van der Waals surface area contributed by atoms with Crippen LogP contribution in [0.2, 0.25) is 0 Å². The molecule has 3 atom stereocenters. The molecule has 0 spiro atoms. The molecular weight excluding hydrogens is 240 g/mol. The van der Waals surface area contributed by atoms with Crippen LogP contribution in [0.1, 0.15) is 31.6 Å². The van der Waals surface area contributed by atoms with E-state index < -0.39 is 5.41 Å². The van der Waals surface area contributed by atoms with Crippen LogP contribution >= 0.6 is 0 Å². The van der Waals surface area contributed by atoms with E-state index in [2.05, 4.69) is 0 Å². The molecule has 3 heteroatoms. The second-order valence-corrected chi connectivity index (χ2v) is 5.44. The average molecular weight is 258 g/mol. The lowest BCUT2D eigenvalue weighted by Crippen LogP contribution is -2.48. The predicted molar refractivity (Wildman–Crippen MR) is 71.5 cm³/mol. The van der Waals surface area contributed by atoms with Crippen LogP contribution in [0.5, 0.6) is 0 Å². The van der Waals surface area contributed by atoms with Crippen molar-refractivity contribution in [3.05, 3.63) is 48.0 Å². The summed E-state index contributed by atoms with van der Waals surface area (Å²) in [6.45, 7) is 2.36. The third-order valence-electron chi connectivity index (χ3n) is 4.03. The maximum Gasteiger partial charge on any atom is 0.184 e. The van der Waals surface area contributed by atoms with Gasteiger partial charge >= 0.3 is 0 Å². The normalized spacial score (nSPS) is 34.7. The van der Waals surface area contributed by atoms with Crippen molar-refractivity contribution in [3.63, 3.8) is 0 Å². The molecule has 19 heavy (non-hydrogen) atoms. The van der Waals surface area contributed by atoms with E-state index in [-0.39, 0.29) is 18.2 Å². The summed E-state index contributed by atoms with van der Waals surface area (Å²) in [5.74, 6) is 0.113. The fourth-order valence-electron chi connectivity index (χ4n) is 2.71. The smallest absolute Gasteiger partial charge is 0.184 e. The van der Waals surface area contributed by atoms with Gasteiger partial charge in [-0.15, -0.1) is 0 Å². The third-order valence-corrected chi connectivity index (χ3v) is 4.03. The zero-order valence-electron chi connectivity index (χ0n) is 11.0. The molecule has 0 aromatic heterocycles. The van der Waals surface area contributed by atoms with E-state index in [4.69, 9.17) is 9.47 Å². The molecule has 1 aromatic rings. The third kappa shape index (κ3) is 2.24. The number of carbonyl (C=O) groups is 1. The van der Waals surface area contributed by atoms with Gasteiger partial charge in [0.2, 0.25) is 0 Å². The number of benzene rings is 1. The Morgan fingerprint density at radius 1 is 1.26 bits per heavy atom. The maximum atomic E-state index is 12.2. The topological polar surface area (TPSA) is 35.5 Å². The molecule has 1 aliphatic heterocycles. The van der Waals surface area contributed by atoms with Crippen molar-refractivity contribution in [3.8, 4) is 0 Å². The van der Waals surface area contributed by atoms with Crippen molar-refractivity contribution >= 4 is 5.78 Å². The highest BCUT2D eigenvalue weighted by molar-refractivity contribution is 5.95. The molecule has 1 heterocycles. The second-order valence-electron chi connectivity index (χ2n) is 5.44. The summed E-state index contributed by atoms with van der Waals surface area (Å²) >= 11 is 0. The predicted octanol–water partition coefficient (Wildman–Crippen LogP) is 3.03. The highest BCUT2D eigenvalue weighted by Gasteiger charge is 2.46. The molecule has 0 radical (unpaired) electrons. The zero-order valence-corrected chi connectivity index (χ0v) is 11.0. The van der Waals surface area contributed by atoms with Gasteiger partial charge in [-0.05, 0) is 25.8 Å². The number of allylic oxidation sites excluding steroid dienone is 2. The summed E-state index contributed by atoms with van der Waals surface area (Å²) in [6, 6.07) is 9.88. The minimum absolute atomic E-state index is 0.0750. The van der Waals surface area contributed by atoms with Gasteiger partial charge in [0, 0.05) is 5.56 Å². The van der Waals surface area contributed by atoms with Crippen LogP contribution in [-0.4, -0.2) is 18.5 Å². The molecule has 0 amide bonds. The largest absolute Gasteiger partial charge is 0.347 e. The average Bonchev–Trinajstić information content (AvgIpc) is 2.59. The Labute approximate surface area is 113 Å². The summed E-state index contributed by atoms with van der Waals surface area (Å²) in [5.41, 5.74) is 0.465. The molecule has 1 aliphatic carbocycles. The van der Waals surface area contributed by atoms with Gasteiger partial charge in [0.15, 0.2) is 12.1 Å². The number of ketones is 1. The molecule has 0 bridgehead atoms. The first-order chi connectivity index (χ1) is 9.20. The fraction of sp³-hybridized carbons (Fsp3) is 0.438. The molecule has 1 fully saturated rings. The Morgan fingerprint density at radius 2 is 2.05 bits per heavy atom. The van der Waals surface area contributed by atoms with Crippen LogP contribution in [-0.2, 0) is 14.3 Å². The van der Waals surface area contributed by atoms with E-state index in [0.29, 0.717) is 6.61 Å². The number of rotatable bonds is 1. The number of hydrogen-bond donors (Lipinski definition) is 0. The molecule has 0 N–H and O–H groups in total. The minimum atomic E-state index is -0.543. The van der Waals surface area contributed by atoms with Crippen molar-refractivity contribution in [2.24, 2.45) is 5.41 Å². The van der Waals surface area contributed by atoms with Crippen molar-refractivity contribution in [2.45, 2.75) is 32.2 Å². The van der Waals surface area contributed by atoms with E-state index >= 15 is 0 Å². The highest BCUT2D eigenvalue weighted by Crippen LogP contribution is 2.40. The summed E-state index contributed by atoms with van der Waals surface area (Å²) in [4.78, 5) is 12.2. The molecule has 3 rings (SSSR count). The SMILES string of the molecule is C[C@]12CO[C@@H](c3ccccc3)O[C@H]1CCC=CC2=O. The van der Waals surface area contributed by atoms with E-state index in [1.54, 1.807) is 6.08 Å². The molecule has 3 nitrogen and oxygen atoms in total. The van der Waals surface area contributed by atoms with E-state index in [1.165, 1.54) is 0 Å². The lowest BCUT2D eigenvalue weighted by Gasteiger charge is -2.42. The lowest BCUT2D eigenvalue weighted by molar-refractivity contribution is -0.261. The molecule has 100 valence electrons. The summed E-state index contributed by atoms with van der Waals surface area (Å²) in [7, 11) is 0. The number of fused-ring (bicyclic) bond motifs is 1. The Morgan fingerprint density at radius 3 is 2.84 bits per heavy atom. The van der Waals surface area contributed by atoms with Crippen molar-refractivity contribution in [1.29, 1.82) is 0 Å². The van der Waals surface area contributed by atoms with Crippen LogP contribution in [0.3, 0.4) is 0 Å². The van der Waals surface area contributed by atoms with Gasteiger partial charge in [-0.25, -0.2) is 0 Å². The first kappa shape index (κ1) is 12.6. The highest BCUT2D eigenvalue weighted by atomic mass is 16.7. The molecule has 1 saturated heterocycles. The van der Waals surface area contributed by atoms with Gasteiger partial charge in [-0.2, -0.15) is 0 Å². The van der Waals surface area contributed by atoms with Gasteiger partial charge in [-0.3, -0.25) is 4.79 Å². The standard InChI is InChI=1S/C16H18O3/c1-16-11-18-15(12-7-3-2-4-8-12)19-14(16)10-6-5-9-13(16)17/h2-5,7-9,14-15H,6,10-11H2,1H3/t14-,15+,16+/m0/s1. The summed E-state index contributed by atoms with van der Waals surface area (Å²) in [5, 5.41) is 0. The monoisotopic (exact) mass is 258 g/mol. The minimum Gasteiger partial charge on any atom is -0.347 e. The van der Waals surface area contributed by atoms with Gasteiger partial charge < -0.3 is 9.47 Å². The Bertz CT molecular complexity index is 494. The summed E-state index contributed by atoms with van der Waals surface area (Å²) in [6.07, 6.45) is 4.93. The van der Waals surface area contributed by atoms with Gasteiger partial charge in [-0.1, -0.05) is 36.4 Å². The summed E-state index contributed by atoms with van der Waals surface area (Å²) < 4.78 is 11.8. The van der Waals surface area contributed by atoms with E-state index in [1.807, 2.05) is 43.3 Å². The second kappa shape index (κ2) is 4.91. The molecule has 1 aromatic carbocycles. The molecule has 0 saturated carbocycles. The Balaban J connectivity index is 1.83. The fourth-order valence-corrected chi connectivity index (χ4v) is 2.71. The molecule has 2 aliphatic rings. The molecular formula is C16H18O3.